The number of benzene rings is 6. The molecule has 0 aromatic heterocycles. The molecule has 0 amide bonds. The molecule has 6 aromatic rings. The summed E-state index contributed by atoms with van der Waals surface area (Å²) in [6.45, 7) is 21.8. The first-order valence-electron chi connectivity index (χ1n) is 24.2. The van der Waals surface area contributed by atoms with Crippen molar-refractivity contribution >= 4 is 17.1 Å². The predicted octanol–water partition coefficient (Wildman–Crippen LogP) is 16.5. The van der Waals surface area contributed by atoms with Crippen molar-refractivity contribution in [1.29, 1.82) is 0 Å². The third-order valence-electron chi connectivity index (χ3n) is 17.9. The third kappa shape index (κ3) is 5.26. The second kappa shape index (κ2) is 12.9. The third-order valence-corrected chi connectivity index (χ3v) is 17.9. The van der Waals surface area contributed by atoms with Gasteiger partial charge in [-0.15, -0.1) is 0 Å². The van der Waals surface area contributed by atoms with Gasteiger partial charge in [0.05, 0.1) is 5.69 Å². The van der Waals surface area contributed by atoms with E-state index in [4.69, 9.17) is 0 Å². The molecule has 0 aliphatic heterocycles. The fraction of sp³-hybridized carbons (Fsp3) is 0.410. The first-order chi connectivity index (χ1) is 29.6. The lowest BCUT2D eigenvalue weighted by Crippen LogP contribution is -2.55. The molecule has 1 spiro atoms. The Balaban J connectivity index is 1.18. The summed E-state index contributed by atoms with van der Waals surface area (Å²) < 4.78 is 0. The zero-order chi connectivity index (χ0) is 42.7. The van der Waals surface area contributed by atoms with Gasteiger partial charge in [-0.05, 0) is 170 Å². The first-order valence-corrected chi connectivity index (χ1v) is 24.2. The molecule has 4 bridgehead atoms. The number of hydrogen-bond acceptors (Lipinski definition) is 1. The van der Waals surface area contributed by atoms with E-state index < -0.39 is 0 Å². The van der Waals surface area contributed by atoms with Crippen LogP contribution in [0.15, 0.2) is 121 Å². The quantitative estimate of drug-likeness (QED) is 0.171. The number of rotatable bonds is 4. The zero-order valence-electron chi connectivity index (χ0n) is 38.8. The van der Waals surface area contributed by atoms with Crippen LogP contribution in [0.25, 0.3) is 33.4 Å². The molecule has 1 nitrogen and oxygen atoms in total. The molecule has 0 heterocycles. The molecule has 7 aliphatic rings. The molecule has 0 radical (unpaired) electrons. The summed E-state index contributed by atoms with van der Waals surface area (Å²) in [6, 6.07) is 48.8. The van der Waals surface area contributed by atoms with Crippen molar-refractivity contribution in [2.45, 2.75) is 134 Å². The van der Waals surface area contributed by atoms with E-state index in [9.17, 15) is 0 Å². The van der Waals surface area contributed by atoms with Crippen LogP contribution in [0.4, 0.5) is 17.1 Å². The standard InChI is InChI=1S/C61H65N/c1-57(2,3)40-20-18-39(19-21-40)45-25-27-52-55(48-15-11-13-17-50(48)61(52)41-31-37-30-38(33-41)34-42(61)32-37)56(45)62(44-23-26-51-54(36-44)59(6,7)29-28-58(51,4)5)43-22-24-47-46-14-10-12-16-49(46)60(8,9)53(47)35-43/h10-27,35-38,41-42H,28-34H2,1-9H3. The van der Waals surface area contributed by atoms with Crippen LogP contribution < -0.4 is 4.90 Å². The van der Waals surface area contributed by atoms with Crippen molar-refractivity contribution < 1.29 is 0 Å². The number of fused-ring (bicyclic) bond motifs is 7. The maximum absolute atomic E-state index is 2.75. The summed E-state index contributed by atoms with van der Waals surface area (Å²) >= 11 is 0. The average molecular weight is 812 g/mol. The monoisotopic (exact) mass is 812 g/mol. The fourth-order valence-corrected chi connectivity index (χ4v) is 14.8. The van der Waals surface area contributed by atoms with Crippen molar-refractivity contribution in [3.8, 4) is 33.4 Å². The highest BCUT2D eigenvalue weighted by atomic mass is 15.1. The van der Waals surface area contributed by atoms with Gasteiger partial charge in [0.2, 0.25) is 0 Å². The molecule has 6 aromatic carbocycles. The molecular formula is C61H65N. The molecule has 314 valence electrons. The molecule has 0 atom stereocenters. The highest BCUT2D eigenvalue weighted by Gasteiger charge is 2.62. The number of nitrogens with zero attached hydrogens (tertiary/aromatic N) is 1. The SMILES string of the molecule is CC(C)(C)c1ccc(-c2ccc3c(c2N(c2ccc4c(c2)C(C)(C)CCC4(C)C)c2ccc4c(c2)C(C)(C)c2ccccc2-4)-c2ccccc2C32C3CC4CC(C3)CC2C4)cc1. The zero-order valence-corrected chi connectivity index (χ0v) is 38.8. The molecule has 7 aliphatic carbocycles. The highest BCUT2D eigenvalue weighted by molar-refractivity contribution is 6.03. The molecular weight excluding hydrogens is 747 g/mol. The van der Waals surface area contributed by atoms with Crippen molar-refractivity contribution in [2.75, 3.05) is 4.90 Å². The minimum Gasteiger partial charge on any atom is -0.309 e. The van der Waals surface area contributed by atoms with Gasteiger partial charge in [-0.3, -0.25) is 0 Å². The lowest BCUT2D eigenvalue weighted by Gasteiger charge is -2.61. The Morgan fingerprint density at radius 3 is 1.66 bits per heavy atom. The Bertz CT molecular complexity index is 2790. The Morgan fingerprint density at radius 1 is 0.468 bits per heavy atom. The maximum atomic E-state index is 2.75. The van der Waals surface area contributed by atoms with Gasteiger partial charge in [0.15, 0.2) is 0 Å². The molecule has 0 saturated heterocycles. The van der Waals surface area contributed by atoms with Gasteiger partial charge < -0.3 is 4.90 Å². The minimum atomic E-state index is -0.114. The average Bonchev–Trinajstić information content (AvgIpc) is 3.67. The normalized spacial score (nSPS) is 26.1. The minimum absolute atomic E-state index is 0.0673. The molecule has 62 heavy (non-hydrogen) atoms. The first kappa shape index (κ1) is 38.8. The van der Waals surface area contributed by atoms with E-state index in [1.165, 1.54) is 123 Å². The van der Waals surface area contributed by atoms with Crippen molar-refractivity contribution in [3.05, 3.63) is 160 Å². The summed E-state index contributed by atoms with van der Waals surface area (Å²) in [7, 11) is 0. The Hall–Kier alpha value is -4.88. The lowest BCUT2D eigenvalue weighted by molar-refractivity contribution is -0.0399. The summed E-state index contributed by atoms with van der Waals surface area (Å²) in [5.74, 6) is 3.20. The van der Waals surface area contributed by atoms with Crippen LogP contribution in [-0.2, 0) is 27.1 Å². The molecule has 13 rings (SSSR count). The number of anilines is 3. The van der Waals surface area contributed by atoms with Gasteiger partial charge in [0, 0.05) is 33.3 Å². The lowest BCUT2D eigenvalue weighted by atomic mass is 9.43. The van der Waals surface area contributed by atoms with Crippen LogP contribution in [0.2, 0.25) is 0 Å². The van der Waals surface area contributed by atoms with Crippen LogP contribution in [-0.4, -0.2) is 0 Å². The van der Waals surface area contributed by atoms with Crippen molar-refractivity contribution in [2.24, 2.45) is 23.7 Å². The van der Waals surface area contributed by atoms with Crippen LogP contribution in [0, 0.1) is 23.7 Å². The topological polar surface area (TPSA) is 3.24 Å². The van der Waals surface area contributed by atoms with Gasteiger partial charge in [-0.2, -0.15) is 0 Å². The summed E-state index contributed by atoms with van der Waals surface area (Å²) in [5, 5.41) is 0. The fourth-order valence-electron chi connectivity index (χ4n) is 14.8. The van der Waals surface area contributed by atoms with E-state index in [-0.39, 0.29) is 27.1 Å². The molecule has 0 unspecified atom stereocenters. The highest BCUT2D eigenvalue weighted by Crippen LogP contribution is 2.71. The predicted molar refractivity (Wildman–Crippen MR) is 261 cm³/mol. The molecule has 0 N–H and O–H groups in total. The Labute approximate surface area is 372 Å². The van der Waals surface area contributed by atoms with Crippen LogP contribution in [0.5, 0.6) is 0 Å². The van der Waals surface area contributed by atoms with Crippen molar-refractivity contribution in [1.82, 2.24) is 0 Å². The molecule has 4 saturated carbocycles. The smallest absolute Gasteiger partial charge is 0.0621 e. The maximum Gasteiger partial charge on any atom is 0.0621 e. The van der Waals surface area contributed by atoms with Crippen LogP contribution in [0.1, 0.15) is 146 Å². The second-order valence-electron chi connectivity index (χ2n) is 23.7. The largest absolute Gasteiger partial charge is 0.309 e. The summed E-state index contributed by atoms with van der Waals surface area (Å²) in [6.07, 6.45) is 9.38. The molecule has 4 fully saturated rings. The Morgan fingerprint density at radius 2 is 1.00 bits per heavy atom. The van der Waals surface area contributed by atoms with E-state index >= 15 is 0 Å². The molecule has 1 heteroatoms. The van der Waals surface area contributed by atoms with E-state index in [0.717, 1.165) is 11.8 Å². The van der Waals surface area contributed by atoms with E-state index in [2.05, 4.69) is 189 Å². The second-order valence-corrected chi connectivity index (χ2v) is 23.7. The van der Waals surface area contributed by atoms with Gasteiger partial charge in [-0.25, -0.2) is 0 Å². The summed E-state index contributed by atoms with van der Waals surface area (Å²) in [5.41, 5.74) is 22.9. The van der Waals surface area contributed by atoms with Crippen molar-refractivity contribution in [3.63, 3.8) is 0 Å². The number of hydrogen-bond donors (Lipinski definition) is 0. The summed E-state index contributed by atoms with van der Waals surface area (Å²) in [4.78, 5) is 2.75. The van der Waals surface area contributed by atoms with Crippen LogP contribution in [0.3, 0.4) is 0 Å². The van der Waals surface area contributed by atoms with Gasteiger partial charge in [0.25, 0.3) is 0 Å². The van der Waals surface area contributed by atoms with Gasteiger partial charge >= 0.3 is 0 Å². The van der Waals surface area contributed by atoms with E-state index in [1.807, 2.05) is 0 Å². The Kier molecular flexibility index (Phi) is 8.04. The van der Waals surface area contributed by atoms with Gasteiger partial charge in [0.1, 0.15) is 0 Å². The van der Waals surface area contributed by atoms with E-state index in [1.54, 1.807) is 11.1 Å². The van der Waals surface area contributed by atoms with Crippen LogP contribution >= 0.6 is 0 Å². The van der Waals surface area contributed by atoms with Gasteiger partial charge in [-0.1, -0.05) is 159 Å². The van der Waals surface area contributed by atoms with E-state index in [0.29, 0.717) is 11.8 Å².